The molecule has 8 nitrogen and oxygen atoms in total. The summed E-state index contributed by atoms with van der Waals surface area (Å²) in [5.41, 5.74) is 0.211. The molecule has 2 aliphatic heterocycles. The van der Waals surface area contributed by atoms with Crippen molar-refractivity contribution < 1.29 is 14.3 Å². The summed E-state index contributed by atoms with van der Waals surface area (Å²) in [6.07, 6.45) is 2.85. The van der Waals surface area contributed by atoms with E-state index >= 15 is 0 Å². The van der Waals surface area contributed by atoms with Crippen molar-refractivity contribution in [1.82, 2.24) is 19.4 Å². The van der Waals surface area contributed by atoms with Crippen LogP contribution in [0.3, 0.4) is 0 Å². The average molecular weight is 475 g/mol. The molecule has 5 rings (SSSR count). The lowest BCUT2D eigenvalue weighted by Gasteiger charge is -2.22. The number of amides is 1. The first kappa shape index (κ1) is 21.4. The van der Waals surface area contributed by atoms with Gasteiger partial charge in [-0.05, 0) is 43.9 Å². The van der Waals surface area contributed by atoms with Gasteiger partial charge >= 0.3 is 6.09 Å². The van der Waals surface area contributed by atoms with E-state index in [2.05, 4.69) is 4.98 Å². The van der Waals surface area contributed by atoms with Gasteiger partial charge in [-0.25, -0.2) is 14.8 Å². The number of thiazole rings is 1. The predicted octanol–water partition coefficient (Wildman–Crippen LogP) is 4.27. The number of aromatic nitrogens is 3. The molecular formula is C22H23ClN4O4S. The van der Waals surface area contributed by atoms with Crippen LogP contribution in [0.4, 0.5) is 4.79 Å². The molecule has 32 heavy (non-hydrogen) atoms. The standard InChI is InChI=1S/C22H23ClN4O4S/c1-26-18(13-7-10-30-11-8-13)25-20-17(21(26)28)24-19(32-20)16-6-3-9-27(16)22(29)31-15-5-2-4-14(23)12-15/h2,4-5,12-13,16H,3,6-11H2,1H3. The summed E-state index contributed by atoms with van der Waals surface area (Å²) >= 11 is 7.38. The molecule has 0 radical (unpaired) electrons. The van der Waals surface area contributed by atoms with Gasteiger partial charge in [0.05, 0.1) is 6.04 Å². The zero-order chi connectivity index (χ0) is 22.2. The molecule has 2 aliphatic rings. The fraction of sp³-hybridized carbons (Fsp3) is 0.455. The van der Waals surface area contributed by atoms with Gasteiger partial charge in [-0.3, -0.25) is 14.3 Å². The van der Waals surface area contributed by atoms with Crippen LogP contribution in [0.15, 0.2) is 29.1 Å². The van der Waals surface area contributed by atoms with Gasteiger partial charge in [-0.15, -0.1) is 0 Å². The number of carbonyl (C=O) groups is 1. The molecule has 1 atom stereocenters. The highest BCUT2D eigenvalue weighted by Crippen LogP contribution is 2.36. The van der Waals surface area contributed by atoms with E-state index in [1.807, 2.05) is 0 Å². The van der Waals surface area contributed by atoms with Crippen LogP contribution in [0.2, 0.25) is 5.02 Å². The third-order valence-corrected chi connectivity index (χ3v) is 7.34. The monoisotopic (exact) mass is 474 g/mol. The first-order chi connectivity index (χ1) is 15.5. The zero-order valence-corrected chi connectivity index (χ0v) is 19.2. The molecule has 2 fully saturated rings. The van der Waals surface area contributed by atoms with Crippen LogP contribution in [-0.4, -0.2) is 45.3 Å². The van der Waals surface area contributed by atoms with E-state index in [0.717, 1.165) is 31.5 Å². The third-order valence-electron chi connectivity index (χ3n) is 6.05. The maximum Gasteiger partial charge on any atom is 0.415 e. The van der Waals surface area contributed by atoms with E-state index in [0.29, 0.717) is 45.9 Å². The van der Waals surface area contributed by atoms with Crippen molar-refractivity contribution >= 4 is 39.4 Å². The van der Waals surface area contributed by atoms with E-state index in [9.17, 15) is 9.59 Å². The highest BCUT2D eigenvalue weighted by atomic mass is 35.5. The first-order valence-corrected chi connectivity index (χ1v) is 11.9. The highest BCUT2D eigenvalue weighted by Gasteiger charge is 2.34. The Labute approximate surface area is 193 Å². The SMILES string of the molecule is Cn1c(C2CCOCC2)nc2sc(C3CCCN3C(=O)Oc3cccc(Cl)c3)nc2c1=O. The van der Waals surface area contributed by atoms with Crippen LogP contribution in [0, 0.1) is 0 Å². The van der Waals surface area contributed by atoms with Gasteiger partial charge in [-0.2, -0.15) is 0 Å². The molecule has 0 bridgehead atoms. The van der Waals surface area contributed by atoms with Crippen molar-refractivity contribution in [3.8, 4) is 5.75 Å². The second-order valence-corrected chi connectivity index (χ2v) is 9.55. The molecule has 2 saturated heterocycles. The van der Waals surface area contributed by atoms with Gasteiger partial charge < -0.3 is 9.47 Å². The molecule has 0 spiro atoms. The zero-order valence-electron chi connectivity index (χ0n) is 17.6. The molecule has 4 heterocycles. The van der Waals surface area contributed by atoms with E-state index in [1.165, 1.54) is 11.3 Å². The fourth-order valence-electron chi connectivity index (χ4n) is 4.38. The van der Waals surface area contributed by atoms with Gasteiger partial charge in [0.15, 0.2) is 10.3 Å². The molecule has 0 saturated carbocycles. The number of nitrogens with zero attached hydrogens (tertiary/aromatic N) is 4. The Morgan fingerprint density at radius 1 is 1.25 bits per heavy atom. The number of carbonyl (C=O) groups excluding carboxylic acids is 1. The van der Waals surface area contributed by atoms with E-state index in [4.69, 9.17) is 26.1 Å². The summed E-state index contributed by atoms with van der Waals surface area (Å²) in [5, 5.41) is 1.22. The van der Waals surface area contributed by atoms with Crippen molar-refractivity contribution in [1.29, 1.82) is 0 Å². The second kappa shape index (κ2) is 8.80. The van der Waals surface area contributed by atoms with Gasteiger partial charge in [0, 0.05) is 37.7 Å². The number of halogens is 1. The van der Waals surface area contributed by atoms with Crippen molar-refractivity contribution in [2.75, 3.05) is 19.8 Å². The third kappa shape index (κ3) is 4.00. The molecule has 1 unspecified atom stereocenters. The predicted molar refractivity (Wildman–Crippen MR) is 122 cm³/mol. The van der Waals surface area contributed by atoms with Crippen molar-refractivity contribution in [3.63, 3.8) is 0 Å². The van der Waals surface area contributed by atoms with Gasteiger partial charge in [-0.1, -0.05) is 29.0 Å². The first-order valence-electron chi connectivity index (χ1n) is 10.7. The number of likely N-dealkylation sites (tertiary alicyclic amines) is 1. The fourth-order valence-corrected chi connectivity index (χ4v) is 5.65. The maximum absolute atomic E-state index is 13.0. The van der Waals surface area contributed by atoms with Crippen molar-refractivity contribution in [2.45, 2.75) is 37.6 Å². The Morgan fingerprint density at radius 3 is 2.84 bits per heavy atom. The Bertz CT molecular complexity index is 1220. The summed E-state index contributed by atoms with van der Waals surface area (Å²) < 4.78 is 12.6. The van der Waals surface area contributed by atoms with Crippen molar-refractivity contribution in [3.05, 3.63) is 50.5 Å². The maximum atomic E-state index is 13.0. The minimum atomic E-state index is -0.447. The quantitative estimate of drug-likeness (QED) is 0.563. The van der Waals surface area contributed by atoms with Crippen LogP contribution in [-0.2, 0) is 11.8 Å². The highest BCUT2D eigenvalue weighted by molar-refractivity contribution is 7.18. The largest absolute Gasteiger partial charge is 0.415 e. The van der Waals surface area contributed by atoms with Crippen LogP contribution in [0.5, 0.6) is 5.75 Å². The van der Waals surface area contributed by atoms with Crippen LogP contribution >= 0.6 is 22.9 Å². The summed E-state index contributed by atoms with van der Waals surface area (Å²) in [6.45, 7) is 1.93. The van der Waals surface area contributed by atoms with E-state index < -0.39 is 6.09 Å². The molecule has 1 aromatic carbocycles. The lowest BCUT2D eigenvalue weighted by molar-refractivity contribution is 0.0828. The minimum absolute atomic E-state index is 0.148. The number of ether oxygens (including phenoxy) is 2. The van der Waals surface area contributed by atoms with Gasteiger partial charge in [0.2, 0.25) is 0 Å². The Morgan fingerprint density at radius 2 is 2.06 bits per heavy atom. The number of rotatable bonds is 3. The Hall–Kier alpha value is -2.49. The summed E-state index contributed by atoms with van der Waals surface area (Å²) in [4.78, 5) is 37.6. The topological polar surface area (TPSA) is 86.6 Å². The molecule has 1 amide bonds. The minimum Gasteiger partial charge on any atom is -0.410 e. The normalized spacial score (nSPS) is 19.6. The lowest BCUT2D eigenvalue weighted by Crippen LogP contribution is -2.33. The molecule has 3 aromatic rings. The molecule has 2 aromatic heterocycles. The number of fused-ring (bicyclic) bond motifs is 1. The van der Waals surface area contributed by atoms with Crippen molar-refractivity contribution in [2.24, 2.45) is 7.05 Å². The summed E-state index contributed by atoms with van der Waals surface area (Å²) in [5.74, 6) is 1.38. The molecule has 0 aliphatic carbocycles. The van der Waals surface area contributed by atoms with E-state index in [1.54, 1.807) is 40.8 Å². The van der Waals surface area contributed by atoms with Crippen LogP contribution in [0.25, 0.3) is 10.3 Å². The molecular weight excluding hydrogens is 452 g/mol. The second-order valence-electron chi connectivity index (χ2n) is 8.10. The lowest BCUT2D eigenvalue weighted by atomic mass is 9.99. The van der Waals surface area contributed by atoms with Gasteiger partial charge in [0.25, 0.3) is 5.56 Å². The summed E-state index contributed by atoms with van der Waals surface area (Å²) in [6, 6.07) is 6.52. The average Bonchev–Trinajstić information content (AvgIpc) is 3.44. The smallest absolute Gasteiger partial charge is 0.410 e. The van der Waals surface area contributed by atoms with E-state index in [-0.39, 0.29) is 17.5 Å². The number of hydrogen-bond acceptors (Lipinski definition) is 7. The number of hydrogen-bond donors (Lipinski definition) is 0. The Balaban J connectivity index is 1.43. The summed E-state index contributed by atoms with van der Waals surface area (Å²) in [7, 11) is 1.75. The number of benzene rings is 1. The molecule has 168 valence electrons. The molecule has 10 heteroatoms. The van der Waals surface area contributed by atoms with Gasteiger partial charge in [0.1, 0.15) is 16.6 Å². The van der Waals surface area contributed by atoms with Crippen LogP contribution < -0.4 is 10.3 Å². The van der Waals surface area contributed by atoms with Crippen LogP contribution in [0.1, 0.15) is 48.5 Å². The molecule has 0 N–H and O–H groups in total. The Kier molecular flexibility index (Phi) is 5.88.